The van der Waals surface area contributed by atoms with Crippen LogP contribution in [0.1, 0.15) is 44.9 Å². The highest BCUT2D eigenvalue weighted by atomic mass is 16.5. The fourth-order valence-corrected chi connectivity index (χ4v) is 1.80. The molecule has 0 aromatic heterocycles. The lowest BCUT2D eigenvalue weighted by molar-refractivity contribution is 0.0802. The number of hydrogen-bond acceptors (Lipinski definition) is 4. The molecular formula is C15H33NO3. The average Bonchev–Trinajstić information content (AvgIpc) is 2.43. The molecule has 0 fully saturated rings. The maximum absolute atomic E-state index is 5.57. The molecule has 0 atom stereocenters. The van der Waals surface area contributed by atoms with Crippen LogP contribution in [0.15, 0.2) is 0 Å². The Hall–Kier alpha value is -0.160. The summed E-state index contributed by atoms with van der Waals surface area (Å²) in [5, 5.41) is 3.10. The van der Waals surface area contributed by atoms with Gasteiger partial charge in [0.15, 0.2) is 0 Å². The van der Waals surface area contributed by atoms with Crippen molar-refractivity contribution in [2.45, 2.75) is 44.9 Å². The summed E-state index contributed by atoms with van der Waals surface area (Å²) >= 11 is 0. The van der Waals surface area contributed by atoms with Gasteiger partial charge in [-0.15, -0.1) is 0 Å². The maximum atomic E-state index is 5.57. The second-order valence-corrected chi connectivity index (χ2v) is 4.80. The third-order valence-corrected chi connectivity index (χ3v) is 2.93. The van der Waals surface area contributed by atoms with Crippen LogP contribution in [-0.2, 0) is 14.2 Å². The van der Waals surface area contributed by atoms with Crippen LogP contribution in [0.5, 0.6) is 0 Å². The lowest BCUT2D eigenvalue weighted by atomic mass is 10.1. The Labute approximate surface area is 119 Å². The topological polar surface area (TPSA) is 39.7 Å². The van der Waals surface area contributed by atoms with E-state index in [1.165, 1.54) is 32.1 Å². The van der Waals surface area contributed by atoms with Gasteiger partial charge in [-0.25, -0.2) is 0 Å². The molecule has 0 aliphatic rings. The second kappa shape index (κ2) is 17.8. The zero-order chi connectivity index (χ0) is 14.0. The Bertz CT molecular complexity index is 140. The first kappa shape index (κ1) is 18.8. The van der Waals surface area contributed by atoms with Crippen LogP contribution in [-0.4, -0.2) is 53.7 Å². The maximum Gasteiger partial charge on any atom is 0.0487 e. The van der Waals surface area contributed by atoms with E-state index in [1.807, 2.05) is 7.05 Å². The van der Waals surface area contributed by atoms with Gasteiger partial charge < -0.3 is 19.5 Å². The SMILES string of the molecule is CNCCCOCCCOCCCCCCCOC. The fraction of sp³-hybridized carbons (Fsp3) is 1.00. The number of unbranched alkanes of at least 4 members (excludes halogenated alkanes) is 4. The number of rotatable bonds is 16. The Kier molecular flexibility index (Phi) is 17.7. The summed E-state index contributed by atoms with van der Waals surface area (Å²) in [5.41, 5.74) is 0. The van der Waals surface area contributed by atoms with Crippen molar-refractivity contribution in [3.8, 4) is 0 Å². The van der Waals surface area contributed by atoms with E-state index in [2.05, 4.69) is 5.32 Å². The van der Waals surface area contributed by atoms with Crippen LogP contribution in [0, 0.1) is 0 Å². The van der Waals surface area contributed by atoms with Crippen molar-refractivity contribution < 1.29 is 14.2 Å². The summed E-state index contributed by atoms with van der Waals surface area (Å²) < 4.78 is 16.1. The molecule has 0 unspecified atom stereocenters. The van der Waals surface area contributed by atoms with Gasteiger partial charge >= 0.3 is 0 Å². The lowest BCUT2D eigenvalue weighted by Gasteiger charge is -2.06. The summed E-state index contributed by atoms with van der Waals surface area (Å²) in [5.74, 6) is 0. The standard InChI is InChI=1S/C15H33NO3/c1-16-10-8-13-19-15-9-14-18-12-7-5-3-4-6-11-17-2/h16H,3-15H2,1-2H3. The third-order valence-electron chi connectivity index (χ3n) is 2.93. The highest BCUT2D eigenvalue weighted by Crippen LogP contribution is 2.03. The van der Waals surface area contributed by atoms with E-state index in [9.17, 15) is 0 Å². The Balaban J connectivity index is 2.88. The fourth-order valence-electron chi connectivity index (χ4n) is 1.80. The average molecular weight is 275 g/mol. The predicted octanol–water partition coefficient (Wildman–Crippen LogP) is 2.62. The highest BCUT2D eigenvalue weighted by Gasteiger charge is 1.93. The summed E-state index contributed by atoms with van der Waals surface area (Å²) in [6, 6.07) is 0. The number of nitrogens with one attached hydrogen (secondary N) is 1. The lowest BCUT2D eigenvalue weighted by Crippen LogP contribution is -2.11. The van der Waals surface area contributed by atoms with E-state index in [0.29, 0.717) is 0 Å². The first-order valence-corrected chi connectivity index (χ1v) is 7.71. The summed E-state index contributed by atoms with van der Waals surface area (Å²) in [7, 11) is 3.73. The minimum absolute atomic E-state index is 0.820. The van der Waals surface area contributed by atoms with Crippen molar-refractivity contribution in [2.24, 2.45) is 0 Å². The van der Waals surface area contributed by atoms with Gasteiger partial charge in [-0.3, -0.25) is 0 Å². The van der Waals surface area contributed by atoms with Crippen molar-refractivity contribution in [3.05, 3.63) is 0 Å². The first-order chi connectivity index (χ1) is 9.41. The highest BCUT2D eigenvalue weighted by molar-refractivity contribution is 4.44. The molecule has 4 nitrogen and oxygen atoms in total. The van der Waals surface area contributed by atoms with Crippen LogP contribution in [0.2, 0.25) is 0 Å². The molecule has 1 N–H and O–H groups in total. The number of ether oxygens (including phenoxy) is 3. The van der Waals surface area contributed by atoms with Crippen LogP contribution in [0.4, 0.5) is 0 Å². The Morgan fingerprint density at radius 3 is 1.79 bits per heavy atom. The van der Waals surface area contributed by atoms with Gasteiger partial charge in [-0.05, 0) is 39.3 Å². The Morgan fingerprint density at radius 2 is 1.16 bits per heavy atom. The van der Waals surface area contributed by atoms with Crippen molar-refractivity contribution in [1.29, 1.82) is 0 Å². The quantitative estimate of drug-likeness (QED) is 0.440. The molecule has 0 rings (SSSR count). The van der Waals surface area contributed by atoms with Crippen LogP contribution < -0.4 is 5.32 Å². The zero-order valence-electron chi connectivity index (χ0n) is 12.9. The predicted molar refractivity (Wildman–Crippen MR) is 79.8 cm³/mol. The molecule has 0 radical (unpaired) electrons. The van der Waals surface area contributed by atoms with Gasteiger partial charge in [0.1, 0.15) is 0 Å². The van der Waals surface area contributed by atoms with Crippen molar-refractivity contribution in [1.82, 2.24) is 5.32 Å². The largest absolute Gasteiger partial charge is 0.385 e. The molecule has 0 aromatic carbocycles. The number of hydrogen-bond donors (Lipinski definition) is 1. The third kappa shape index (κ3) is 17.8. The van der Waals surface area contributed by atoms with Gasteiger partial charge in [0, 0.05) is 40.1 Å². The van der Waals surface area contributed by atoms with Gasteiger partial charge in [-0.2, -0.15) is 0 Å². The molecule has 0 heterocycles. The smallest absolute Gasteiger partial charge is 0.0487 e. The molecule has 0 spiro atoms. The molecule has 0 saturated heterocycles. The molecule has 0 amide bonds. The molecule has 116 valence electrons. The zero-order valence-corrected chi connectivity index (χ0v) is 12.9. The number of methoxy groups -OCH3 is 1. The minimum Gasteiger partial charge on any atom is -0.385 e. The molecule has 0 bridgehead atoms. The first-order valence-electron chi connectivity index (χ1n) is 7.71. The van der Waals surface area contributed by atoms with Gasteiger partial charge in [0.25, 0.3) is 0 Å². The van der Waals surface area contributed by atoms with E-state index in [-0.39, 0.29) is 0 Å². The molecule has 19 heavy (non-hydrogen) atoms. The van der Waals surface area contributed by atoms with Crippen molar-refractivity contribution in [3.63, 3.8) is 0 Å². The van der Waals surface area contributed by atoms with E-state index in [1.54, 1.807) is 7.11 Å². The van der Waals surface area contributed by atoms with E-state index in [4.69, 9.17) is 14.2 Å². The minimum atomic E-state index is 0.820. The van der Waals surface area contributed by atoms with Gasteiger partial charge in [0.2, 0.25) is 0 Å². The summed E-state index contributed by atoms with van der Waals surface area (Å²) in [6.07, 6.45) is 8.28. The van der Waals surface area contributed by atoms with Gasteiger partial charge in [0.05, 0.1) is 0 Å². The van der Waals surface area contributed by atoms with Crippen molar-refractivity contribution in [2.75, 3.05) is 53.7 Å². The summed E-state index contributed by atoms with van der Waals surface area (Å²) in [4.78, 5) is 0. The van der Waals surface area contributed by atoms with Crippen LogP contribution in [0.3, 0.4) is 0 Å². The molecule has 0 aliphatic heterocycles. The molecule has 4 heteroatoms. The van der Waals surface area contributed by atoms with Crippen LogP contribution in [0.25, 0.3) is 0 Å². The molecule has 0 aliphatic carbocycles. The molecule has 0 aromatic rings. The van der Waals surface area contributed by atoms with E-state index >= 15 is 0 Å². The second-order valence-electron chi connectivity index (χ2n) is 4.80. The molecule has 0 saturated carbocycles. The Morgan fingerprint density at radius 1 is 0.632 bits per heavy atom. The van der Waals surface area contributed by atoms with Gasteiger partial charge in [-0.1, -0.05) is 19.3 Å². The summed E-state index contributed by atoms with van der Waals surface area (Å²) in [6.45, 7) is 5.31. The normalized spacial score (nSPS) is 11.1. The van der Waals surface area contributed by atoms with Crippen molar-refractivity contribution >= 4 is 0 Å². The van der Waals surface area contributed by atoms with Crippen LogP contribution >= 0.6 is 0 Å². The van der Waals surface area contributed by atoms with E-state index < -0.39 is 0 Å². The van der Waals surface area contributed by atoms with E-state index in [0.717, 1.165) is 52.4 Å². The molecular weight excluding hydrogens is 242 g/mol. The monoisotopic (exact) mass is 275 g/mol.